The van der Waals surface area contributed by atoms with Crippen molar-refractivity contribution in [2.45, 2.75) is 82.3 Å². The maximum atomic E-state index is 12.6. The Balaban J connectivity index is 1.44. The molecule has 27 heavy (non-hydrogen) atoms. The third-order valence-corrected chi connectivity index (χ3v) is 5.69. The third kappa shape index (κ3) is 6.26. The number of aromatic nitrogens is 1. The molecule has 1 saturated heterocycles. The van der Waals surface area contributed by atoms with E-state index in [2.05, 4.69) is 28.3 Å². The molecule has 1 aromatic rings. The van der Waals surface area contributed by atoms with E-state index in [0.29, 0.717) is 6.42 Å². The third-order valence-electron chi connectivity index (χ3n) is 5.69. The summed E-state index contributed by atoms with van der Waals surface area (Å²) in [5.74, 6) is -0.136. The molecule has 1 amide bonds. The predicted octanol–water partition coefficient (Wildman–Crippen LogP) is 2.26. The lowest BCUT2D eigenvalue weighted by atomic mass is 9.94. The summed E-state index contributed by atoms with van der Waals surface area (Å²) in [4.78, 5) is 19.0. The van der Waals surface area contributed by atoms with Gasteiger partial charge in [-0.3, -0.25) is 9.78 Å². The Morgan fingerprint density at radius 2 is 2.11 bits per heavy atom. The molecule has 0 bridgehead atoms. The summed E-state index contributed by atoms with van der Waals surface area (Å²) >= 11 is 0. The van der Waals surface area contributed by atoms with Crippen LogP contribution in [0, 0.1) is 0 Å². The van der Waals surface area contributed by atoms with Crippen LogP contribution in [0.2, 0.25) is 0 Å². The van der Waals surface area contributed by atoms with Gasteiger partial charge in [-0.15, -0.1) is 0 Å². The van der Waals surface area contributed by atoms with Gasteiger partial charge in [0.15, 0.2) is 6.10 Å². The van der Waals surface area contributed by atoms with Crippen molar-refractivity contribution in [1.29, 1.82) is 0 Å². The highest BCUT2D eigenvalue weighted by Crippen LogP contribution is 2.24. The van der Waals surface area contributed by atoms with Crippen molar-refractivity contribution in [3.8, 4) is 0 Å². The lowest BCUT2D eigenvalue weighted by Crippen LogP contribution is -2.51. The van der Waals surface area contributed by atoms with Gasteiger partial charge in [0.1, 0.15) is 0 Å². The van der Waals surface area contributed by atoms with Gasteiger partial charge in [-0.2, -0.15) is 0 Å². The number of hydrogen-bond acceptors (Lipinski definition) is 5. The Kier molecular flexibility index (Phi) is 7.61. The Labute approximate surface area is 162 Å². The maximum Gasteiger partial charge on any atom is 0.252 e. The zero-order chi connectivity index (χ0) is 19.1. The van der Waals surface area contributed by atoms with Gasteiger partial charge in [0.2, 0.25) is 0 Å². The molecule has 6 nitrogen and oxygen atoms in total. The zero-order valence-corrected chi connectivity index (χ0v) is 16.3. The van der Waals surface area contributed by atoms with Crippen LogP contribution in [-0.4, -0.2) is 58.8 Å². The predicted molar refractivity (Wildman–Crippen MR) is 104 cm³/mol. The first kappa shape index (κ1) is 20.2. The topological polar surface area (TPSA) is 74.7 Å². The van der Waals surface area contributed by atoms with Crippen molar-refractivity contribution in [1.82, 2.24) is 15.2 Å². The highest BCUT2D eigenvalue weighted by atomic mass is 16.5. The second-order valence-electron chi connectivity index (χ2n) is 8.05. The highest BCUT2D eigenvalue weighted by Gasteiger charge is 2.35. The van der Waals surface area contributed by atoms with Crippen LogP contribution in [0.1, 0.15) is 56.9 Å². The highest BCUT2D eigenvalue weighted by molar-refractivity contribution is 5.81. The number of carbonyl (C=O) groups excluding carboxylic acids is 1. The van der Waals surface area contributed by atoms with E-state index < -0.39 is 12.2 Å². The SMILES string of the molecule is CN(CC[C@H]1CC[C@H](O)[C@@H](C(=O)NC2CCCCC2)O1)Cc1cccnc1. The molecule has 0 aromatic carbocycles. The number of hydrogen-bond donors (Lipinski definition) is 2. The number of aliphatic hydroxyl groups is 1. The van der Waals surface area contributed by atoms with Crippen molar-refractivity contribution in [3.63, 3.8) is 0 Å². The van der Waals surface area contributed by atoms with Crippen LogP contribution in [0.15, 0.2) is 24.5 Å². The Hall–Kier alpha value is -1.50. The van der Waals surface area contributed by atoms with E-state index in [4.69, 9.17) is 4.74 Å². The molecule has 0 spiro atoms. The molecule has 150 valence electrons. The maximum absolute atomic E-state index is 12.6. The van der Waals surface area contributed by atoms with Gasteiger partial charge in [0.05, 0.1) is 12.2 Å². The molecule has 1 aliphatic carbocycles. The van der Waals surface area contributed by atoms with Crippen molar-refractivity contribution in [2.75, 3.05) is 13.6 Å². The monoisotopic (exact) mass is 375 g/mol. The van der Waals surface area contributed by atoms with E-state index in [1.807, 2.05) is 12.3 Å². The van der Waals surface area contributed by atoms with E-state index in [-0.39, 0.29) is 18.1 Å². The summed E-state index contributed by atoms with van der Waals surface area (Å²) in [6.07, 6.45) is 10.2. The smallest absolute Gasteiger partial charge is 0.252 e. The number of pyridine rings is 1. The van der Waals surface area contributed by atoms with Crippen LogP contribution >= 0.6 is 0 Å². The quantitative estimate of drug-likeness (QED) is 0.765. The van der Waals surface area contributed by atoms with Gasteiger partial charge >= 0.3 is 0 Å². The first-order valence-electron chi connectivity index (χ1n) is 10.3. The van der Waals surface area contributed by atoms with Crippen molar-refractivity contribution in [3.05, 3.63) is 30.1 Å². The molecule has 2 N–H and O–H groups in total. The molecule has 1 aromatic heterocycles. The standard InChI is InChI=1S/C21H33N3O3/c1-24(15-16-6-5-12-22-14-16)13-11-18-9-10-19(25)20(27-18)21(26)23-17-7-3-2-4-8-17/h5-6,12,14,17-20,25H,2-4,7-11,13,15H2,1H3,(H,23,26)/t18-,19+,20+/m1/s1. The molecule has 3 rings (SSSR count). The van der Waals surface area contributed by atoms with Crippen molar-refractivity contribution < 1.29 is 14.6 Å². The lowest BCUT2D eigenvalue weighted by Gasteiger charge is -2.35. The zero-order valence-electron chi connectivity index (χ0n) is 16.3. The summed E-state index contributed by atoms with van der Waals surface area (Å²) in [6.45, 7) is 1.72. The van der Waals surface area contributed by atoms with Crippen molar-refractivity contribution in [2.24, 2.45) is 0 Å². The second kappa shape index (κ2) is 10.2. The Bertz CT molecular complexity index is 577. The Morgan fingerprint density at radius 3 is 2.85 bits per heavy atom. The summed E-state index contributed by atoms with van der Waals surface area (Å²) < 4.78 is 6.00. The van der Waals surface area contributed by atoms with Gasteiger partial charge in [-0.05, 0) is 50.8 Å². The fraction of sp³-hybridized carbons (Fsp3) is 0.714. The van der Waals surface area contributed by atoms with Crippen LogP contribution in [0.5, 0.6) is 0 Å². The molecule has 6 heteroatoms. The number of nitrogens with zero attached hydrogens (tertiary/aromatic N) is 2. The average Bonchev–Trinajstić information content (AvgIpc) is 2.69. The van der Waals surface area contributed by atoms with E-state index in [1.54, 1.807) is 6.20 Å². The molecule has 0 unspecified atom stereocenters. The molecule has 1 saturated carbocycles. The van der Waals surface area contributed by atoms with Crippen LogP contribution in [0.4, 0.5) is 0 Å². The van der Waals surface area contributed by atoms with E-state index in [1.165, 1.54) is 24.8 Å². The number of aliphatic hydroxyl groups excluding tert-OH is 1. The van der Waals surface area contributed by atoms with Crippen LogP contribution in [0.3, 0.4) is 0 Å². The minimum absolute atomic E-state index is 0.0202. The molecule has 2 heterocycles. The molecule has 1 aliphatic heterocycles. The van der Waals surface area contributed by atoms with Crippen LogP contribution in [-0.2, 0) is 16.1 Å². The first-order chi connectivity index (χ1) is 13.1. The van der Waals surface area contributed by atoms with Crippen LogP contribution in [0.25, 0.3) is 0 Å². The van der Waals surface area contributed by atoms with Gasteiger partial charge in [-0.25, -0.2) is 0 Å². The molecule has 2 aliphatic rings. The van der Waals surface area contributed by atoms with E-state index >= 15 is 0 Å². The van der Waals surface area contributed by atoms with Crippen molar-refractivity contribution >= 4 is 5.91 Å². The molecule has 3 atom stereocenters. The number of carbonyl (C=O) groups is 1. The normalized spacial score (nSPS) is 26.9. The van der Waals surface area contributed by atoms with Gasteiger partial charge in [0.25, 0.3) is 5.91 Å². The Morgan fingerprint density at radius 1 is 1.30 bits per heavy atom. The minimum atomic E-state index is -0.727. The number of ether oxygens (including phenoxy) is 1. The van der Waals surface area contributed by atoms with Crippen LogP contribution < -0.4 is 5.32 Å². The number of rotatable bonds is 7. The number of nitrogens with one attached hydrogen (secondary N) is 1. The van der Waals surface area contributed by atoms with Gasteiger partial charge in [-0.1, -0.05) is 25.3 Å². The van der Waals surface area contributed by atoms with E-state index in [9.17, 15) is 9.90 Å². The van der Waals surface area contributed by atoms with E-state index in [0.717, 1.165) is 38.8 Å². The van der Waals surface area contributed by atoms with Gasteiger partial charge < -0.3 is 20.1 Å². The fourth-order valence-corrected chi connectivity index (χ4v) is 4.10. The minimum Gasteiger partial charge on any atom is -0.390 e. The molecule has 0 radical (unpaired) electrons. The summed E-state index contributed by atoms with van der Waals surface area (Å²) in [5, 5.41) is 13.4. The summed E-state index contributed by atoms with van der Waals surface area (Å²) in [5.41, 5.74) is 1.18. The van der Waals surface area contributed by atoms with Gasteiger partial charge in [0, 0.05) is 31.5 Å². The summed E-state index contributed by atoms with van der Waals surface area (Å²) in [7, 11) is 2.08. The molecule has 2 fully saturated rings. The second-order valence-corrected chi connectivity index (χ2v) is 8.05. The molecular weight excluding hydrogens is 342 g/mol. The lowest BCUT2D eigenvalue weighted by molar-refractivity contribution is -0.159. The average molecular weight is 376 g/mol. The fourth-order valence-electron chi connectivity index (χ4n) is 4.10. The number of amides is 1. The largest absolute Gasteiger partial charge is 0.390 e. The first-order valence-corrected chi connectivity index (χ1v) is 10.3. The summed E-state index contributed by atoms with van der Waals surface area (Å²) in [6, 6.07) is 4.26. The molecular formula is C21H33N3O3.